The highest BCUT2D eigenvalue weighted by Gasteiger charge is 2.13. The molecule has 0 bridgehead atoms. The number of pyridine rings is 1. The molecule has 1 rings (SSSR count). The third-order valence-electron chi connectivity index (χ3n) is 1.25. The molecule has 0 aliphatic carbocycles. The first-order chi connectivity index (χ1) is 5.57. The highest BCUT2D eigenvalue weighted by molar-refractivity contribution is 6.48. The van der Waals surface area contributed by atoms with Gasteiger partial charge in [-0.15, -0.1) is 0 Å². The van der Waals surface area contributed by atoms with Crippen molar-refractivity contribution in [1.82, 2.24) is 4.98 Å². The van der Waals surface area contributed by atoms with Crippen molar-refractivity contribution in [2.75, 3.05) is 12.4 Å². The van der Waals surface area contributed by atoms with E-state index >= 15 is 0 Å². The van der Waals surface area contributed by atoms with Crippen molar-refractivity contribution in [2.24, 2.45) is 0 Å². The van der Waals surface area contributed by atoms with Crippen LogP contribution < -0.4 is 5.32 Å². The fourth-order valence-corrected chi connectivity index (χ4v) is 1.62. The summed E-state index contributed by atoms with van der Waals surface area (Å²) in [5, 5.41) is 3.59. The maximum absolute atomic E-state index is 5.77. The van der Waals surface area contributed by atoms with E-state index in [-0.39, 0.29) is 20.4 Å². The molecule has 0 saturated heterocycles. The van der Waals surface area contributed by atoms with E-state index in [0.29, 0.717) is 5.69 Å². The second-order valence-corrected chi connectivity index (χ2v) is 3.42. The van der Waals surface area contributed by atoms with Gasteiger partial charge in [-0.2, -0.15) is 0 Å². The largest absolute Gasteiger partial charge is 0.386 e. The molecule has 1 N–H and O–H groups in total. The Bertz CT molecular complexity index is 287. The molecular weight excluding hydrogens is 242 g/mol. The van der Waals surface area contributed by atoms with Crippen molar-refractivity contribution in [2.45, 2.75) is 0 Å². The molecular formula is C6H4Cl4N2. The van der Waals surface area contributed by atoms with Crippen LogP contribution in [0.2, 0.25) is 20.4 Å². The minimum atomic E-state index is 0.135. The van der Waals surface area contributed by atoms with Crippen molar-refractivity contribution >= 4 is 52.1 Å². The maximum Gasteiger partial charge on any atom is 0.151 e. The minimum Gasteiger partial charge on any atom is -0.386 e. The molecule has 0 atom stereocenters. The van der Waals surface area contributed by atoms with Gasteiger partial charge < -0.3 is 5.32 Å². The van der Waals surface area contributed by atoms with Crippen LogP contribution in [0, 0.1) is 0 Å². The topological polar surface area (TPSA) is 24.9 Å². The summed E-state index contributed by atoms with van der Waals surface area (Å²) in [6.45, 7) is 0. The lowest BCUT2D eigenvalue weighted by molar-refractivity contribution is 1.32. The highest BCUT2D eigenvalue weighted by atomic mass is 35.5. The van der Waals surface area contributed by atoms with E-state index in [1.807, 2.05) is 0 Å². The van der Waals surface area contributed by atoms with Crippen molar-refractivity contribution in [3.05, 3.63) is 20.4 Å². The highest BCUT2D eigenvalue weighted by Crippen LogP contribution is 2.38. The maximum atomic E-state index is 5.77. The van der Waals surface area contributed by atoms with Gasteiger partial charge >= 0.3 is 0 Å². The number of anilines is 1. The fraction of sp³-hybridized carbons (Fsp3) is 0.167. The van der Waals surface area contributed by atoms with Crippen LogP contribution in [0.5, 0.6) is 0 Å². The molecule has 0 unspecified atom stereocenters. The van der Waals surface area contributed by atoms with E-state index in [9.17, 15) is 0 Å². The van der Waals surface area contributed by atoms with Gasteiger partial charge in [-0.3, -0.25) is 0 Å². The number of nitrogens with zero attached hydrogens (tertiary/aromatic N) is 1. The van der Waals surface area contributed by atoms with Gasteiger partial charge in [0.15, 0.2) is 10.3 Å². The lowest BCUT2D eigenvalue weighted by Crippen LogP contribution is -1.93. The molecule has 0 radical (unpaired) electrons. The molecule has 0 aliphatic heterocycles. The Kier molecular flexibility index (Phi) is 3.29. The summed E-state index contributed by atoms with van der Waals surface area (Å²) in [7, 11) is 1.67. The van der Waals surface area contributed by atoms with Gasteiger partial charge in [-0.1, -0.05) is 46.4 Å². The van der Waals surface area contributed by atoms with Gasteiger partial charge in [0.1, 0.15) is 10.0 Å². The summed E-state index contributed by atoms with van der Waals surface area (Å²) in [5.74, 6) is 0. The third kappa shape index (κ3) is 1.72. The molecule has 66 valence electrons. The molecule has 1 aromatic heterocycles. The van der Waals surface area contributed by atoms with Crippen LogP contribution in [0.15, 0.2) is 0 Å². The van der Waals surface area contributed by atoms with Gasteiger partial charge in [-0.05, 0) is 0 Å². The molecule has 12 heavy (non-hydrogen) atoms. The number of aromatic nitrogens is 1. The van der Waals surface area contributed by atoms with E-state index in [0.717, 1.165) is 0 Å². The van der Waals surface area contributed by atoms with E-state index < -0.39 is 0 Å². The van der Waals surface area contributed by atoms with Gasteiger partial charge in [0.25, 0.3) is 0 Å². The number of nitrogens with one attached hydrogen (secondary N) is 1. The second-order valence-electron chi connectivity index (χ2n) is 1.95. The number of halogens is 4. The van der Waals surface area contributed by atoms with Crippen LogP contribution in [0.4, 0.5) is 5.69 Å². The van der Waals surface area contributed by atoms with E-state index in [4.69, 9.17) is 46.4 Å². The first-order valence-corrected chi connectivity index (χ1v) is 4.47. The molecule has 0 aromatic carbocycles. The predicted molar refractivity (Wildman–Crippen MR) is 53.8 cm³/mol. The minimum absolute atomic E-state index is 0.135. The number of hydrogen-bond acceptors (Lipinski definition) is 2. The van der Waals surface area contributed by atoms with Crippen molar-refractivity contribution in [3.63, 3.8) is 0 Å². The first-order valence-electron chi connectivity index (χ1n) is 2.95. The summed E-state index contributed by atoms with van der Waals surface area (Å²) < 4.78 is 0. The Balaban J connectivity index is 3.42. The van der Waals surface area contributed by atoms with Crippen LogP contribution in [0.1, 0.15) is 0 Å². The molecule has 1 heterocycles. The molecule has 2 nitrogen and oxygen atoms in total. The van der Waals surface area contributed by atoms with Crippen LogP contribution in [-0.4, -0.2) is 12.0 Å². The summed E-state index contributed by atoms with van der Waals surface area (Å²) in [4.78, 5) is 3.71. The Hall–Kier alpha value is 0.110. The predicted octanol–water partition coefficient (Wildman–Crippen LogP) is 3.74. The van der Waals surface area contributed by atoms with Crippen molar-refractivity contribution in [1.29, 1.82) is 0 Å². The standard InChI is InChI=1S/C6H4Cl4N2/c1-11-4-2(7)5(9)12-6(10)3(4)8/h1H3,(H,11,12). The molecule has 6 heteroatoms. The Morgan fingerprint density at radius 2 is 1.42 bits per heavy atom. The Morgan fingerprint density at radius 3 is 1.75 bits per heavy atom. The van der Waals surface area contributed by atoms with E-state index in [1.54, 1.807) is 7.05 Å². The zero-order valence-electron chi connectivity index (χ0n) is 5.96. The summed E-state index contributed by atoms with van der Waals surface area (Å²) in [5.41, 5.74) is 0.489. The molecule has 0 aliphatic rings. The lowest BCUT2D eigenvalue weighted by Gasteiger charge is -2.07. The Morgan fingerprint density at radius 1 is 1.00 bits per heavy atom. The van der Waals surface area contributed by atoms with Gasteiger partial charge in [0.05, 0.1) is 5.69 Å². The fourth-order valence-electron chi connectivity index (χ4n) is 0.706. The number of hydrogen-bond donors (Lipinski definition) is 1. The molecule has 1 aromatic rings. The zero-order valence-corrected chi connectivity index (χ0v) is 8.98. The molecule has 0 fully saturated rings. The van der Waals surface area contributed by atoms with Crippen LogP contribution in [-0.2, 0) is 0 Å². The molecule has 0 spiro atoms. The van der Waals surface area contributed by atoms with Crippen molar-refractivity contribution in [3.8, 4) is 0 Å². The monoisotopic (exact) mass is 244 g/mol. The first kappa shape index (κ1) is 10.2. The zero-order chi connectivity index (χ0) is 9.30. The summed E-state index contributed by atoms with van der Waals surface area (Å²) in [6, 6.07) is 0. The molecule has 0 saturated carbocycles. The van der Waals surface area contributed by atoms with Crippen molar-refractivity contribution < 1.29 is 0 Å². The van der Waals surface area contributed by atoms with Crippen LogP contribution >= 0.6 is 46.4 Å². The van der Waals surface area contributed by atoms with E-state index in [1.165, 1.54) is 0 Å². The van der Waals surface area contributed by atoms with Gasteiger partial charge in [-0.25, -0.2) is 4.98 Å². The summed E-state index contributed by atoms with van der Waals surface area (Å²) >= 11 is 22.8. The average Bonchev–Trinajstić information content (AvgIpc) is 2.02. The van der Waals surface area contributed by atoms with Crippen LogP contribution in [0.25, 0.3) is 0 Å². The third-order valence-corrected chi connectivity index (χ3v) is 2.72. The van der Waals surface area contributed by atoms with Gasteiger partial charge in [0.2, 0.25) is 0 Å². The smallest absolute Gasteiger partial charge is 0.151 e. The lowest BCUT2D eigenvalue weighted by atomic mass is 10.4. The second kappa shape index (κ2) is 3.88. The normalized spacial score (nSPS) is 10.1. The van der Waals surface area contributed by atoms with Crippen LogP contribution in [0.3, 0.4) is 0 Å². The SMILES string of the molecule is CNc1c(Cl)c(Cl)nc(Cl)c1Cl. The van der Waals surface area contributed by atoms with E-state index in [2.05, 4.69) is 10.3 Å². The number of rotatable bonds is 1. The molecule has 0 amide bonds. The quantitative estimate of drug-likeness (QED) is 0.763. The summed E-state index contributed by atoms with van der Waals surface area (Å²) in [6.07, 6.45) is 0. The average molecular weight is 246 g/mol. The Labute approximate surface area is 89.8 Å². The van der Waals surface area contributed by atoms with Gasteiger partial charge in [0, 0.05) is 7.05 Å².